The zero-order chi connectivity index (χ0) is 19.9. The summed E-state index contributed by atoms with van der Waals surface area (Å²) in [7, 11) is 3.38. The number of benzene rings is 1. The van der Waals surface area contributed by atoms with Crippen LogP contribution in [0.4, 0.5) is 0 Å². The lowest BCUT2D eigenvalue weighted by Crippen LogP contribution is -2.50. The number of aryl methyl sites for hydroxylation is 2. The third-order valence-corrected chi connectivity index (χ3v) is 3.75. The van der Waals surface area contributed by atoms with E-state index >= 15 is 0 Å². The van der Waals surface area contributed by atoms with Gasteiger partial charge in [0.15, 0.2) is 0 Å². The van der Waals surface area contributed by atoms with Crippen molar-refractivity contribution in [3.8, 4) is 0 Å². The Labute approximate surface area is 151 Å². The van der Waals surface area contributed by atoms with Gasteiger partial charge < -0.3 is 19.5 Å². The molecule has 0 bridgehead atoms. The fourth-order valence-corrected chi connectivity index (χ4v) is 2.53. The van der Waals surface area contributed by atoms with Crippen LogP contribution in [0.3, 0.4) is 0 Å². The molecule has 1 rings (SSSR count). The molecule has 0 aliphatic carbocycles. The van der Waals surface area contributed by atoms with Crippen LogP contribution in [0.5, 0.6) is 0 Å². The minimum absolute atomic E-state index is 0.318. The lowest BCUT2D eigenvalue weighted by Gasteiger charge is -2.23. The lowest BCUT2D eigenvalue weighted by molar-refractivity contribution is -0.158. The van der Waals surface area contributed by atoms with Crippen molar-refractivity contribution in [2.75, 3.05) is 21.3 Å². The number of amides is 1. The van der Waals surface area contributed by atoms with Crippen LogP contribution in [0.1, 0.15) is 27.9 Å². The molecule has 1 aromatic carbocycles. The predicted molar refractivity (Wildman–Crippen MR) is 91.3 cm³/mol. The molecule has 0 aliphatic rings. The van der Waals surface area contributed by atoms with Gasteiger partial charge in [-0.25, -0.2) is 4.79 Å². The number of nitrogens with one attached hydrogen (secondary N) is 1. The second-order valence-corrected chi connectivity index (χ2v) is 5.76. The van der Waals surface area contributed by atoms with E-state index in [1.807, 2.05) is 19.9 Å². The van der Waals surface area contributed by atoms with Crippen molar-refractivity contribution in [2.24, 2.45) is 5.92 Å². The van der Waals surface area contributed by atoms with Gasteiger partial charge in [-0.3, -0.25) is 14.4 Å². The Morgan fingerprint density at radius 2 is 1.42 bits per heavy atom. The molecule has 0 aliphatic heterocycles. The minimum atomic E-state index is -1.40. The molecular weight excluding hydrogens is 342 g/mol. The molecule has 0 unspecified atom stereocenters. The highest BCUT2D eigenvalue weighted by Crippen LogP contribution is 2.16. The van der Waals surface area contributed by atoms with Gasteiger partial charge in [0.1, 0.15) is 6.04 Å². The number of carbonyl (C=O) groups is 4. The van der Waals surface area contributed by atoms with E-state index in [0.29, 0.717) is 5.56 Å². The highest BCUT2D eigenvalue weighted by Gasteiger charge is 2.38. The molecule has 1 N–H and O–H groups in total. The van der Waals surface area contributed by atoms with Crippen molar-refractivity contribution in [1.82, 2.24) is 5.32 Å². The highest BCUT2D eigenvalue weighted by molar-refractivity contribution is 5.98. The Balaban J connectivity index is 3.17. The zero-order valence-corrected chi connectivity index (χ0v) is 15.5. The van der Waals surface area contributed by atoms with Crippen molar-refractivity contribution < 1.29 is 33.4 Å². The first-order chi connectivity index (χ1) is 12.2. The van der Waals surface area contributed by atoms with Gasteiger partial charge in [0.25, 0.3) is 5.91 Å². The third-order valence-electron chi connectivity index (χ3n) is 3.75. The Bertz CT molecular complexity index is 679. The summed E-state index contributed by atoms with van der Waals surface area (Å²) in [5.74, 6) is -4.30. The summed E-state index contributed by atoms with van der Waals surface area (Å²) in [6.07, 6.45) is -0.448. The number of hydrogen-bond donors (Lipinski definition) is 1. The quantitative estimate of drug-likeness (QED) is 0.565. The SMILES string of the molecule is COC(=O)C[C@H](C(=O)OC)[C@@H](NC(=O)c1cc(C)cc(C)c1)C(=O)OC. The van der Waals surface area contributed by atoms with Crippen molar-refractivity contribution >= 4 is 23.8 Å². The van der Waals surface area contributed by atoms with Gasteiger partial charge in [-0.2, -0.15) is 0 Å². The van der Waals surface area contributed by atoms with Crippen LogP contribution in [0, 0.1) is 19.8 Å². The summed E-state index contributed by atoms with van der Waals surface area (Å²) >= 11 is 0. The van der Waals surface area contributed by atoms with E-state index in [1.54, 1.807) is 12.1 Å². The average Bonchev–Trinajstić information content (AvgIpc) is 2.61. The van der Waals surface area contributed by atoms with Gasteiger partial charge >= 0.3 is 17.9 Å². The highest BCUT2D eigenvalue weighted by atomic mass is 16.5. The molecule has 1 aromatic rings. The van der Waals surface area contributed by atoms with Crippen LogP contribution in [0.25, 0.3) is 0 Å². The Kier molecular flexibility index (Phi) is 7.77. The first kappa shape index (κ1) is 21.1. The molecule has 1 amide bonds. The molecule has 8 heteroatoms. The number of ether oxygens (including phenoxy) is 3. The second-order valence-electron chi connectivity index (χ2n) is 5.76. The standard InChI is InChI=1S/C18H23NO7/c1-10-6-11(2)8-12(7-10)16(21)19-15(18(23)26-5)13(17(22)25-4)9-14(20)24-3/h6-8,13,15H,9H2,1-5H3,(H,19,21)/t13-,15+/m0/s1. The molecule has 0 radical (unpaired) electrons. The number of carbonyl (C=O) groups excluding carboxylic acids is 4. The average molecular weight is 365 g/mol. The van der Waals surface area contributed by atoms with Crippen LogP contribution >= 0.6 is 0 Å². The van der Waals surface area contributed by atoms with Gasteiger partial charge in [-0.1, -0.05) is 17.2 Å². The van der Waals surface area contributed by atoms with Gasteiger partial charge in [0.05, 0.1) is 33.7 Å². The molecule has 0 fully saturated rings. The maximum Gasteiger partial charge on any atom is 0.329 e. The summed E-state index contributed by atoms with van der Waals surface area (Å²) in [6.45, 7) is 3.66. The predicted octanol–water partition coefficient (Wildman–Crippen LogP) is 0.927. The van der Waals surface area contributed by atoms with Crippen molar-refractivity contribution in [2.45, 2.75) is 26.3 Å². The Hall–Kier alpha value is -2.90. The normalized spacial score (nSPS) is 12.5. The van der Waals surface area contributed by atoms with E-state index in [0.717, 1.165) is 32.5 Å². The van der Waals surface area contributed by atoms with E-state index < -0.39 is 42.2 Å². The van der Waals surface area contributed by atoms with Crippen LogP contribution in [0.15, 0.2) is 18.2 Å². The van der Waals surface area contributed by atoms with Gasteiger partial charge in [-0.15, -0.1) is 0 Å². The first-order valence-corrected chi connectivity index (χ1v) is 7.85. The van der Waals surface area contributed by atoms with Gasteiger partial charge in [-0.05, 0) is 26.0 Å². The van der Waals surface area contributed by atoms with E-state index in [9.17, 15) is 19.2 Å². The molecule has 8 nitrogen and oxygen atoms in total. The summed E-state index contributed by atoms with van der Waals surface area (Å²) in [5, 5.41) is 2.46. The van der Waals surface area contributed by atoms with E-state index in [2.05, 4.69) is 19.5 Å². The summed E-state index contributed by atoms with van der Waals surface area (Å²) in [5.41, 5.74) is 2.05. The third kappa shape index (κ3) is 5.58. The Morgan fingerprint density at radius 3 is 1.88 bits per heavy atom. The van der Waals surface area contributed by atoms with E-state index in [-0.39, 0.29) is 0 Å². The van der Waals surface area contributed by atoms with Gasteiger partial charge in [0, 0.05) is 5.56 Å². The fourth-order valence-electron chi connectivity index (χ4n) is 2.53. The van der Waals surface area contributed by atoms with Gasteiger partial charge in [0.2, 0.25) is 0 Å². The topological polar surface area (TPSA) is 108 Å². The maximum atomic E-state index is 12.6. The monoisotopic (exact) mass is 365 g/mol. The molecule has 2 atom stereocenters. The molecule has 0 spiro atoms. The van der Waals surface area contributed by atoms with Crippen LogP contribution in [0.2, 0.25) is 0 Å². The largest absolute Gasteiger partial charge is 0.469 e. The van der Waals surface area contributed by atoms with Crippen LogP contribution in [-0.2, 0) is 28.6 Å². The summed E-state index contributed by atoms with van der Waals surface area (Å²) in [4.78, 5) is 48.4. The fraction of sp³-hybridized carbons (Fsp3) is 0.444. The smallest absolute Gasteiger partial charge is 0.329 e. The minimum Gasteiger partial charge on any atom is -0.469 e. The zero-order valence-electron chi connectivity index (χ0n) is 15.5. The summed E-state index contributed by atoms with van der Waals surface area (Å²) < 4.78 is 13.9. The second kappa shape index (κ2) is 9.55. The number of esters is 3. The molecule has 0 saturated carbocycles. The molecule has 142 valence electrons. The number of rotatable bonds is 7. The summed E-state index contributed by atoms with van der Waals surface area (Å²) in [6, 6.07) is 3.78. The lowest BCUT2D eigenvalue weighted by atomic mass is 9.95. The number of methoxy groups -OCH3 is 3. The molecule has 26 heavy (non-hydrogen) atoms. The maximum absolute atomic E-state index is 12.6. The van der Waals surface area contributed by atoms with Crippen molar-refractivity contribution in [1.29, 1.82) is 0 Å². The van der Waals surface area contributed by atoms with Crippen LogP contribution < -0.4 is 5.32 Å². The van der Waals surface area contributed by atoms with Crippen molar-refractivity contribution in [3.05, 3.63) is 34.9 Å². The van der Waals surface area contributed by atoms with Crippen molar-refractivity contribution in [3.63, 3.8) is 0 Å². The molecule has 0 aromatic heterocycles. The van der Waals surface area contributed by atoms with E-state index in [1.165, 1.54) is 0 Å². The molecular formula is C18H23NO7. The Morgan fingerprint density at radius 1 is 0.885 bits per heavy atom. The van der Waals surface area contributed by atoms with E-state index in [4.69, 9.17) is 0 Å². The number of hydrogen-bond acceptors (Lipinski definition) is 7. The van der Waals surface area contributed by atoms with Crippen LogP contribution in [-0.4, -0.2) is 51.2 Å². The molecule has 0 saturated heterocycles. The first-order valence-electron chi connectivity index (χ1n) is 7.85. The molecule has 0 heterocycles.